The van der Waals surface area contributed by atoms with Crippen LogP contribution >= 0.6 is 0 Å². The van der Waals surface area contributed by atoms with Gasteiger partial charge in [0, 0.05) is 127 Å². The van der Waals surface area contributed by atoms with Crippen LogP contribution in [-0.4, -0.2) is 89.6 Å². The van der Waals surface area contributed by atoms with Crippen LogP contribution in [0.25, 0.3) is 0 Å². The summed E-state index contributed by atoms with van der Waals surface area (Å²) in [5.41, 5.74) is -4.38. The second-order valence-corrected chi connectivity index (χ2v) is 12.7. The predicted octanol–water partition coefficient (Wildman–Crippen LogP) is 1.80. The van der Waals surface area contributed by atoms with Gasteiger partial charge in [-0.15, -0.1) is 0 Å². The molecule has 10 unspecified atom stereocenters. The van der Waals surface area contributed by atoms with Crippen LogP contribution in [0.4, 0.5) is 0 Å². The zero-order valence-electron chi connectivity index (χ0n) is 24.7. The number of ether oxygens (including phenoxy) is 4. The molecule has 9 nitrogen and oxygen atoms in total. The third-order valence-corrected chi connectivity index (χ3v) is 10.5. The second-order valence-electron chi connectivity index (χ2n) is 12.7. The summed E-state index contributed by atoms with van der Waals surface area (Å²) in [6.45, 7) is 12.7. The number of hydrogen-bond acceptors (Lipinski definition) is 9. The smallest absolute Gasteiger partial charge is 0.336 e. The van der Waals surface area contributed by atoms with Gasteiger partial charge in [0.1, 0.15) is 17.8 Å². The van der Waals surface area contributed by atoms with Crippen LogP contribution in [0.3, 0.4) is 0 Å². The van der Waals surface area contributed by atoms with Gasteiger partial charge >= 0.3 is 5.97 Å². The maximum Gasteiger partial charge on any atom is 0.336 e. The molecule has 11 heteroatoms. The molecule has 1 aliphatic heterocycles. The number of ketones is 1. The van der Waals surface area contributed by atoms with E-state index in [4.69, 9.17) is 18.9 Å². The molecule has 2 bridgehead atoms. The Kier molecular flexibility index (Phi) is 11.8. The summed E-state index contributed by atoms with van der Waals surface area (Å²) in [6, 6.07) is 0. The number of rotatable bonds is 5. The van der Waals surface area contributed by atoms with Crippen molar-refractivity contribution in [2.24, 2.45) is 28.6 Å². The van der Waals surface area contributed by atoms with Crippen LogP contribution in [-0.2, 0) is 28.5 Å². The molecule has 0 aromatic heterocycles. The Labute approximate surface area is 303 Å². The monoisotopic (exact) mass is 978 g/mol. The molecular weight excluding hydrogens is 934 g/mol. The maximum absolute atomic E-state index is 14.3. The topological polar surface area (TPSA) is 132 Å². The number of aliphatic hydroxyl groups excluding tert-OH is 1. The van der Waals surface area contributed by atoms with Crippen LogP contribution in [0.2, 0.25) is 0 Å². The zero-order chi connectivity index (χ0) is 27.9. The Balaban J connectivity index is 0.00000267. The van der Waals surface area contributed by atoms with Crippen molar-refractivity contribution < 1.29 is 132 Å². The van der Waals surface area contributed by atoms with Gasteiger partial charge in [0.15, 0.2) is 11.9 Å². The second kappa shape index (κ2) is 12.5. The number of carbonyl (C=O) groups is 2. The molecule has 0 aromatic rings. The normalized spacial score (nSPS) is 43.5. The van der Waals surface area contributed by atoms with Crippen molar-refractivity contribution in [2.45, 2.75) is 103 Å². The summed E-state index contributed by atoms with van der Waals surface area (Å²) in [5, 5.41) is 36.2. The van der Waals surface area contributed by atoms with E-state index in [1.54, 1.807) is 27.7 Å². The van der Waals surface area contributed by atoms with Crippen LogP contribution < -0.4 is 0 Å². The van der Waals surface area contributed by atoms with Gasteiger partial charge in [0.25, 0.3) is 0 Å². The van der Waals surface area contributed by atoms with E-state index in [1.807, 2.05) is 20.8 Å². The number of hydrogen-bond donors (Lipinski definition) is 3. The molecule has 2 saturated carbocycles. The Hall–Kier alpha value is 1.52. The molecule has 39 heavy (non-hydrogen) atoms. The third kappa shape index (κ3) is 5.19. The fourth-order valence-electron chi connectivity index (χ4n) is 8.28. The fourth-order valence-corrected chi connectivity index (χ4v) is 8.28. The zero-order valence-corrected chi connectivity index (χ0v) is 34.2. The number of Topliss-reactive ketones (excluding diaryl/α,β-unsaturated/α-hetero) is 1. The standard InChI is InChI=1S/C28H44O9.2Ac/c1-13(2)21(35-9)24(31)37-16-11-28(33)15(4)22-26(7,17(34-8)10-18-27(22,32)12-36-18)23(30)20(29)19(14(16)3)25(28,5)6;;/h13,15-18,20-22,29,32-33H,10-12H2,1-9H3;;. The van der Waals surface area contributed by atoms with Gasteiger partial charge < -0.3 is 34.3 Å². The number of carbonyl (C=O) groups excluding carboxylic acids is 2. The van der Waals surface area contributed by atoms with E-state index in [1.165, 1.54) is 14.2 Å². The average Bonchev–Trinajstić information content (AvgIpc) is 2.80. The summed E-state index contributed by atoms with van der Waals surface area (Å²) in [4.78, 5) is 27.3. The van der Waals surface area contributed by atoms with Gasteiger partial charge in [-0.1, -0.05) is 34.6 Å². The van der Waals surface area contributed by atoms with E-state index in [2.05, 4.69) is 0 Å². The molecule has 0 amide bonds. The van der Waals surface area contributed by atoms with E-state index < -0.39 is 76.1 Å². The van der Waals surface area contributed by atoms with Crippen LogP contribution in [0.1, 0.15) is 61.3 Å². The molecule has 1 saturated heterocycles. The molecule has 3 fully saturated rings. The first kappa shape index (κ1) is 36.7. The Morgan fingerprint density at radius 3 is 2.18 bits per heavy atom. The molecule has 4 aliphatic rings. The minimum atomic E-state index is -1.58. The summed E-state index contributed by atoms with van der Waals surface area (Å²) in [5.74, 6) is -2.59. The first-order valence-electron chi connectivity index (χ1n) is 13.3. The van der Waals surface area contributed by atoms with Crippen LogP contribution in [0, 0.1) is 117 Å². The molecule has 0 aromatic carbocycles. The van der Waals surface area contributed by atoms with E-state index in [0.29, 0.717) is 17.6 Å². The number of fused-ring (bicyclic) bond motifs is 5. The van der Waals surface area contributed by atoms with Gasteiger partial charge in [-0.3, -0.25) is 4.79 Å². The van der Waals surface area contributed by atoms with Gasteiger partial charge in [0.2, 0.25) is 0 Å². The van der Waals surface area contributed by atoms with Crippen molar-refractivity contribution in [3.63, 3.8) is 0 Å². The van der Waals surface area contributed by atoms with Crippen molar-refractivity contribution in [1.29, 1.82) is 0 Å². The quantitative estimate of drug-likeness (QED) is 0.279. The van der Waals surface area contributed by atoms with Gasteiger partial charge in [0.05, 0.1) is 29.8 Å². The summed E-state index contributed by atoms with van der Waals surface area (Å²) in [7, 11) is 2.96. The Morgan fingerprint density at radius 1 is 1.13 bits per heavy atom. The summed E-state index contributed by atoms with van der Waals surface area (Å²) in [6.07, 6.45) is -4.07. The molecule has 216 valence electrons. The van der Waals surface area contributed by atoms with Crippen LogP contribution in [0.15, 0.2) is 11.1 Å². The van der Waals surface area contributed by atoms with Crippen molar-refractivity contribution >= 4 is 11.8 Å². The van der Waals surface area contributed by atoms with Gasteiger partial charge in [-0.25, -0.2) is 4.79 Å². The van der Waals surface area contributed by atoms with Crippen molar-refractivity contribution in [3.8, 4) is 0 Å². The molecule has 4 rings (SSSR count). The first-order chi connectivity index (χ1) is 17.0. The first-order valence-corrected chi connectivity index (χ1v) is 13.3. The van der Waals surface area contributed by atoms with E-state index in [-0.39, 0.29) is 107 Å². The van der Waals surface area contributed by atoms with E-state index in [0.717, 1.165) is 0 Å². The Morgan fingerprint density at radius 2 is 1.72 bits per heavy atom. The minimum absolute atomic E-state index is 0. The summed E-state index contributed by atoms with van der Waals surface area (Å²) >= 11 is 0. The Bertz CT molecular complexity index is 1000. The predicted molar refractivity (Wildman–Crippen MR) is 133 cm³/mol. The molecular formula is C28H44Ac2O9. The van der Waals surface area contributed by atoms with Gasteiger partial charge in [-0.2, -0.15) is 0 Å². The number of methoxy groups -OCH3 is 2. The molecule has 0 spiro atoms. The molecule has 1 heterocycles. The SMILES string of the molecule is COC(C(=O)OC1CC2(O)C(C)C3C4(O)COC4CC(OC)C3(C)C(=O)C(O)C(=C1C)C2(C)C)C(C)C.[Ac].[Ac]. The summed E-state index contributed by atoms with van der Waals surface area (Å²) < 4.78 is 22.8. The van der Waals surface area contributed by atoms with Crippen molar-refractivity contribution in [1.82, 2.24) is 0 Å². The van der Waals surface area contributed by atoms with E-state index >= 15 is 0 Å². The molecule has 2 radical (unpaired) electrons. The van der Waals surface area contributed by atoms with Crippen molar-refractivity contribution in [2.75, 3.05) is 20.8 Å². The van der Waals surface area contributed by atoms with Crippen LogP contribution in [0.5, 0.6) is 0 Å². The maximum atomic E-state index is 14.3. The number of esters is 1. The average molecular weight is 979 g/mol. The van der Waals surface area contributed by atoms with Gasteiger partial charge in [-0.05, 0) is 36.8 Å². The molecule has 10 atom stereocenters. The fraction of sp³-hybridized carbons (Fsp3) is 0.857. The molecule has 3 N–H and O–H groups in total. The van der Waals surface area contributed by atoms with Crippen molar-refractivity contribution in [3.05, 3.63) is 11.1 Å². The van der Waals surface area contributed by atoms with E-state index in [9.17, 15) is 24.9 Å². The number of aliphatic hydroxyl groups is 3. The molecule has 3 aliphatic carbocycles. The third-order valence-electron chi connectivity index (χ3n) is 10.5. The largest absolute Gasteiger partial charge is 0.456 e. The minimum Gasteiger partial charge on any atom is -0.456 e.